The van der Waals surface area contributed by atoms with Crippen LogP contribution in [0.2, 0.25) is 0 Å². The van der Waals surface area contributed by atoms with E-state index in [-0.39, 0.29) is 5.95 Å². The molecule has 1 fully saturated rings. The number of thiazole rings is 1. The summed E-state index contributed by atoms with van der Waals surface area (Å²) in [7, 11) is 0. The summed E-state index contributed by atoms with van der Waals surface area (Å²) < 4.78 is 6.98. The van der Waals surface area contributed by atoms with Crippen LogP contribution in [0, 0.1) is 0 Å². The van der Waals surface area contributed by atoms with Crippen LogP contribution in [0.4, 0.5) is 5.95 Å². The van der Waals surface area contributed by atoms with Gasteiger partial charge in [0.1, 0.15) is 34.5 Å². The number of hydrogen-bond donors (Lipinski definition) is 4. The van der Waals surface area contributed by atoms with Crippen LogP contribution in [0.1, 0.15) is 6.23 Å². The smallest absolute Gasteiger partial charge is 0.222 e. The van der Waals surface area contributed by atoms with Gasteiger partial charge in [-0.05, 0) is 0 Å². The lowest BCUT2D eigenvalue weighted by Gasteiger charge is -2.16. The van der Waals surface area contributed by atoms with Gasteiger partial charge in [0, 0.05) is 11.6 Å². The van der Waals surface area contributed by atoms with Gasteiger partial charge in [-0.25, -0.2) is 15.0 Å². The Morgan fingerprint density at radius 2 is 2.08 bits per heavy atom. The summed E-state index contributed by atoms with van der Waals surface area (Å²) in [5, 5.41) is 31.8. The molecule has 0 bridgehead atoms. The maximum Gasteiger partial charge on any atom is 0.222 e. The van der Waals surface area contributed by atoms with E-state index in [4.69, 9.17) is 10.5 Å². The van der Waals surface area contributed by atoms with Crippen molar-refractivity contribution in [2.45, 2.75) is 24.5 Å². The zero-order valence-electron chi connectivity index (χ0n) is 12.2. The number of aliphatic hydroxyl groups is 3. The van der Waals surface area contributed by atoms with Gasteiger partial charge in [0.2, 0.25) is 5.95 Å². The van der Waals surface area contributed by atoms with Crippen LogP contribution in [0.25, 0.3) is 21.9 Å². The van der Waals surface area contributed by atoms with E-state index in [0.717, 1.165) is 0 Å². The molecule has 1 aliphatic rings. The van der Waals surface area contributed by atoms with Gasteiger partial charge in [-0.1, -0.05) is 0 Å². The third-order valence-corrected chi connectivity index (χ3v) is 4.64. The minimum absolute atomic E-state index is 0.0289. The zero-order chi connectivity index (χ0) is 16.8. The predicted molar refractivity (Wildman–Crippen MR) is 83.9 cm³/mol. The molecule has 0 spiro atoms. The number of nitrogens with two attached hydrogens (primary N) is 1. The van der Waals surface area contributed by atoms with Crippen molar-refractivity contribution < 1.29 is 20.1 Å². The first-order chi connectivity index (χ1) is 11.6. The van der Waals surface area contributed by atoms with Gasteiger partial charge in [0.05, 0.1) is 12.9 Å². The van der Waals surface area contributed by atoms with Crippen molar-refractivity contribution in [3.8, 4) is 10.7 Å². The molecule has 0 radical (unpaired) electrons. The van der Waals surface area contributed by atoms with E-state index in [1.54, 1.807) is 6.20 Å². The Morgan fingerprint density at radius 1 is 1.25 bits per heavy atom. The van der Waals surface area contributed by atoms with Crippen molar-refractivity contribution in [1.29, 1.82) is 0 Å². The average Bonchev–Trinajstić information content (AvgIpc) is 3.28. The summed E-state index contributed by atoms with van der Waals surface area (Å²) in [6.45, 7) is -0.414. The monoisotopic (exact) mass is 350 g/mol. The summed E-state index contributed by atoms with van der Waals surface area (Å²) in [4.78, 5) is 16.9. The van der Waals surface area contributed by atoms with Gasteiger partial charge in [-0.2, -0.15) is 4.98 Å². The number of rotatable bonds is 3. The lowest BCUT2D eigenvalue weighted by molar-refractivity contribution is -0.0511. The molecule has 0 aliphatic carbocycles. The first-order valence-electron chi connectivity index (χ1n) is 7.12. The maximum absolute atomic E-state index is 10.2. The number of aromatic nitrogens is 5. The second kappa shape index (κ2) is 5.72. The highest BCUT2D eigenvalue weighted by atomic mass is 32.1. The number of aliphatic hydroxyl groups excluding tert-OH is 3. The number of ether oxygens (including phenoxy) is 1. The highest BCUT2D eigenvalue weighted by Crippen LogP contribution is 2.33. The van der Waals surface area contributed by atoms with Crippen molar-refractivity contribution in [3.05, 3.63) is 17.9 Å². The van der Waals surface area contributed by atoms with Crippen molar-refractivity contribution in [2.24, 2.45) is 0 Å². The molecule has 4 heterocycles. The number of fused-ring (bicyclic) bond motifs is 1. The average molecular weight is 350 g/mol. The minimum Gasteiger partial charge on any atom is -0.394 e. The van der Waals surface area contributed by atoms with Gasteiger partial charge >= 0.3 is 0 Å². The van der Waals surface area contributed by atoms with Crippen molar-refractivity contribution in [2.75, 3.05) is 12.3 Å². The molecule has 0 aromatic carbocycles. The Kier molecular flexibility index (Phi) is 3.66. The molecule has 24 heavy (non-hydrogen) atoms. The summed E-state index contributed by atoms with van der Waals surface area (Å²) in [5.41, 5.74) is 7.08. The number of nitrogens with zero attached hydrogens (tertiary/aromatic N) is 5. The van der Waals surface area contributed by atoms with Crippen LogP contribution in [0.3, 0.4) is 0 Å². The van der Waals surface area contributed by atoms with E-state index < -0.39 is 31.1 Å². The minimum atomic E-state index is -1.24. The van der Waals surface area contributed by atoms with Crippen LogP contribution in [0.5, 0.6) is 0 Å². The van der Waals surface area contributed by atoms with Gasteiger partial charge in [-0.15, -0.1) is 11.3 Å². The zero-order valence-corrected chi connectivity index (χ0v) is 13.0. The highest BCUT2D eigenvalue weighted by molar-refractivity contribution is 7.13. The maximum atomic E-state index is 10.2. The summed E-state index contributed by atoms with van der Waals surface area (Å²) in [6.07, 6.45) is -1.21. The molecule has 11 heteroatoms. The molecule has 10 nitrogen and oxygen atoms in total. The van der Waals surface area contributed by atoms with E-state index in [2.05, 4.69) is 19.9 Å². The molecule has 0 saturated carbocycles. The Bertz CT molecular complexity index is 869. The molecule has 4 rings (SSSR count). The Hall–Kier alpha value is -2.18. The number of anilines is 1. The molecule has 5 N–H and O–H groups in total. The molecule has 1 saturated heterocycles. The van der Waals surface area contributed by atoms with Crippen LogP contribution in [-0.2, 0) is 4.74 Å². The van der Waals surface area contributed by atoms with Crippen molar-refractivity contribution >= 4 is 28.4 Å². The Balaban J connectivity index is 1.84. The Labute approximate surface area is 139 Å². The third-order valence-electron chi connectivity index (χ3n) is 3.86. The third kappa shape index (κ3) is 2.25. The fourth-order valence-corrected chi connectivity index (χ4v) is 3.35. The van der Waals surface area contributed by atoms with Crippen LogP contribution in [-0.4, -0.2) is 64.7 Å². The van der Waals surface area contributed by atoms with Gasteiger partial charge < -0.3 is 25.8 Å². The first kappa shape index (κ1) is 15.4. The molecule has 126 valence electrons. The van der Waals surface area contributed by atoms with E-state index >= 15 is 0 Å². The van der Waals surface area contributed by atoms with Crippen LogP contribution >= 0.6 is 11.3 Å². The molecule has 4 atom stereocenters. The SMILES string of the molecule is Nc1nc(-c2nccs2)c2ncn([C@H]3O[C@H](CO)[C@@H](O)[C@H]3O)c2n1. The fourth-order valence-electron chi connectivity index (χ4n) is 2.72. The molecule has 0 unspecified atom stereocenters. The predicted octanol–water partition coefficient (Wildman–Crippen LogP) is -0.857. The topological polar surface area (TPSA) is 152 Å². The van der Waals surface area contributed by atoms with Crippen LogP contribution < -0.4 is 5.73 Å². The van der Waals surface area contributed by atoms with Crippen molar-refractivity contribution in [1.82, 2.24) is 24.5 Å². The van der Waals surface area contributed by atoms with E-state index in [1.165, 1.54) is 22.2 Å². The lowest BCUT2D eigenvalue weighted by atomic mass is 10.1. The number of hydrogen-bond acceptors (Lipinski definition) is 10. The molecule has 0 amide bonds. The van der Waals surface area contributed by atoms with Gasteiger partial charge in [-0.3, -0.25) is 4.57 Å². The largest absolute Gasteiger partial charge is 0.394 e. The van der Waals surface area contributed by atoms with E-state index in [0.29, 0.717) is 21.9 Å². The molecular weight excluding hydrogens is 336 g/mol. The number of imidazole rings is 1. The summed E-state index contributed by atoms with van der Waals surface area (Å²) in [6, 6.07) is 0. The second-order valence-corrected chi connectivity index (χ2v) is 6.22. The molecule has 3 aromatic rings. The first-order valence-corrected chi connectivity index (χ1v) is 8.00. The second-order valence-electron chi connectivity index (χ2n) is 5.32. The molecular formula is C13H14N6O4S. The lowest BCUT2D eigenvalue weighted by Crippen LogP contribution is -2.33. The van der Waals surface area contributed by atoms with Gasteiger partial charge in [0.25, 0.3) is 0 Å². The fraction of sp³-hybridized carbons (Fsp3) is 0.385. The molecule has 3 aromatic heterocycles. The highest BCUT2D eigenvalue weighted by Gasteiger charge is 2.44. The van der Waals surface area contributed by atoms with Crippen LogP contribution in [0.15, 0.2) is 17.9 Å². The van der Waals surface area contributed by atoms with E-state index in [1.807, 2.05) is 5.38 Å². The van der Waals surface area contributed by atoms with Crippen molar-refractivity contribution in [3.63, 3.8) is 0 Å². The van der Waals surface area contributed by atoms with Gasteiger partial charge in [0.15, 0.2) is 11.9 Å². The molecule has 1 aliphatic heterocycles. The summed E-state index contributed by atoms with van der Waals surface area (Å²) >= 11 is 1.39. The quantitative estimate of drug-likeness (QED) is 0.473. The number of nitrogen functional groups attached to an aromatic ring is 1. The van der Waals surface area contributed by atoms with E-state index in [9.17, 15) is 15.3 Å². The standard InChI is InChI=1S/C13H14N6O4S/c14-13-17-7(11-15-1-2-24-11)6-10(18-13)19(4-16-6)12-9(22)8(21)5(3-20)23-12/h1-2,4-5,8-9,12,20-22H,3H2,(H2,14,17,18)/t5-,8-,9-,12+/m1/s1. The normalized spacial score (nSPS) is 27.1. The Morgan fingerprint density at radius 3 is 2.75 bits per heavy atom. The summed E-state index contributed by atoms with van der Waals surface area (Å²) in [5.74, 6) is 0.0289.